The van der Waals surface area contributed by atoms with Gasteiger partial charge in [0.2, 0.25) is 5.89 Å². The van der Waals surface area contributed by atoms with Crippen LogP contribution in [0.15, 0.2) is 40.8 Å². The maximum absolute atomic E-state index is 14.2. The Labute approximate surface area is 178 Å². The van der Waals surface area contributed by atoms with Crippen molar-refractivity contribution in [3.05, 3.63) is 63.3 Å². The van der Waals surface area contributed by atoms with Crippen LogP contribution < -0.4 is 15.2 Å². The van der Waals surface area contributed by atoms with Gasteiger partial charge in [0.1, 0.15) is 22.8 Å². The van der Waals surface area contributed by atoms with E-state index in [0.29, 0.717) is 15.0 Å². The molecule has 2 aromatic carbocycles. The van der Waals surface area contributed by atoms with Gasteiger partial charge in [-0.15, -0.1) is 13.2 Å². The van der Waals surface area contributed by atoms with Crippen molar-refractivity contribution in [3.8, 4) is 22.8 Å². The van der Waals surface area contributed by atoms with Gasteiger partial charge in [-0.2, -0.15) is 0 Å². The maximum atomic E-state index is 14.2. The molecule has 0 bridgehead atoms. The molecule has 158 valence electrons. The van der Waals surface area contributed by atoms with E-state index < -0.39 is 41.0 Å². The second kappa shape index (κ2) is 8.45. The van der Waals surface area contributed by atoms with E-state index in [4.69, 9.17) is 14.9 Å². The molecule has 0 saturated heterocycles. The number of halogens is 6. The summed E-state index contributed by atoms with van der Waals surface area (Å²) in [7, 11) is 0. The predicted molar refractivity (Wildman–Crippen MR) is 101 cm³/mol. The number of nitrogens with zero attached hydrogens (tertiary/aromatic N) is 1. The predicted octanol–water partition coefficient (Wildman–Crippen LogP) is 4.80. The molecule has 0 atom stereocenters. The lowest BCUT2D eigenvalue weighted by molar-refractivity contribution is -0.274. The number of hydrogen-bond acceptors (Lipinski definition) is 5. The van der Waals surface area contributed by atoms with Crippen molar-refractivity contribution in [3.63, 3.8) is 0 Å². The highest BCUT2D eigenvalue weighted by Gasteiger charge is 2.31. The lowest BCUT2D eigenvalue weighted by Gasteiger charge is -2.08. The van der Waals surface area contributed by atoms with Crippen molar-refractivity contribution in [2.45, 2.75) is 13.0 Å². The highest BCUT2D eigenvalue weighted by atomic mass is 127. The Morgan fingerprint density at radius 3 is 2.40 bits per heavy atom. The number of amides is 1. The minimum absolute atomic E-state index is 0.00867. The van der Waals surface area contributed by atoms with Crippen LogP contribution in [0, 0.1) is 15.4 Å². The van der Waals surface area contributed by atoms with E-state index in [0.717, 1.165) is 24.3 Å². The number of hydrogen-bond donors (Lipinski definition) is 1. The first kappa shape index (κ1) is 21.8. The third-order valence-corrected chi connectivity index (χ3v) is 4.38. The van der Waals surface area contributed by atoms with Crippen LogP contribution in [0.5, 0.6) is 11.5 Å². The number of alkyl halides is 3. The molecule has 3 aromatic rings. The van der Waals surface area contributed by atoms with Crippen LogP contribution in [-0.4, -0.2) is 17.3 Å². The molecule has 1 aromatic heterocycles. The summed E-state index contributed by atoms with van der Waals surface area (Å²) in [5, 5.41) is 0. The number of primary amides is 1. The minimum atomic E-state index is -4.81. The van der Waals surface area contributed by atoms with Gasteiger partial charge in [0.05, 0.1) is 0 Å². The average molecular weight is 540 g/mol. The standard InChI is InChI=1S/C18H10F5IN2O4/c19-10-5-6-11(14(20)13(10)17(25)27)28-7-12-26-15(16(24)29-12)8-1-3-9(4-2-8)30-18(21,22)23/h1-6H,7H2,(H2,25,27). The molecule has 0 aliphatic rings. The number of benzene rings is 2. The summed E-state index contributed by atoms with van der Waals surface area (Å²) in [5.41, 5.74) is 4.76. The molecule has 0 aliphatic carbocycles. The number of carbonyl (C=O) groups is 1. The van der Waals surface area contributed by atoms with Gasteiger partial charge < -0.3 is 19.6 Å². The van der Waals surface area contributed by atoms with Crippen molar-refractivity contribution >= 4 is 28.5 Å². The van der Waals surface area contributed by atoms with Gasteiger partial charge in [-0.1, -0.05) is 0 Å². The average Bonchev–Trinajstić information content (AvgIpc) is 3.01. The van der Waals surface area contributed by atoms with Crippen molar-refractivity contribution in [2.24, 2.45) is 5.73 Å². The molecule has 30 heavy (non-hydrogen) atoms. The smallest absolute Gasteiger partial charge is 0.481 e. The Hall–Kier alpha value is -2.90. The van der Waals surface area contributed by atoms with E-state index in [1.165, 1.54) is 12.1 Å². The van der Waals surface area contributed by atoms with Gasteiger partial charge in [0.25, 0.3) is 5.91 Å². The Kier molecular flexibility index (Phi) is 6.14. The summed E-state index contributed by atoms with van der Waals surface area (Å²) in [6.07, 6.45) is -4.81. The third kappa shape index (κ3) is 4.98. The molecule has 0 unspecified atom stereocenters. The molecule has 0 fully saturated rings. The Morgan fingerprint density at radius 2 is 1.80 bits per heavy atom. The number of aromatic nitrogens is 1. The topological polar surface area (TPSA) is 87.6 Å². The number of carbonyl (C=O) groups excluding carboxylic acids is 1. The fourth-order valence-electron chi connectivity index (χ4n) is 2.41. The molecule has 1 amide bonds. The molecule has 0 radical (unpaired) electrons. The van der Waals surface area contributed by atoms with E-state index in [9.17, 15) is 26.7 Å². The zero-order valence-corrected chi connectivity index (χ0v) is 16.8. The molecule has 0 spiro atoms. The van der Waals surface area contributed by atoms with Gasteiger partial charge in [0, 0.05) is 28.2 Å². The molecule has 3 rings (SSSR count). The fourth-order valence-corrected chi connectivity index (χ4v) is 3.09. The number of oxazole rings is 1. The van der Waals surface area contributed by atoms with E-state index >= 15 is 0 Å². The molecule has 0 saturated carbocycles. The maximum Gasteiger partial charge on any atom is 0.573 e. The molecular formula is C18H10F5IN2O4. The van der Waals surface area contributed by atoms with Gasteiger partial charge >= 0.3 is 6.36 Å². The van der Waals surface area contributed by atoms with Gasteiger partial charge in [-0.05, 0) is 36.4 Å². The van der Waals surface area contributed by atoms with Gasteiger partial charge in [0.15, 0.2) is 21.9 Å². The molecule has 2 N–H and O–H groups in total. The largest absolute Gasteiger partial charge is 0.573 e. The monoisotopic (exact) mass is 540 g/mol. The quantitative estimate of drug-likeness (QED) is 0.359. The summed E-state index contributed by atoms with van der Waals surface area (Å²) in [6.45, 7) is -0.369. The normalized spacial score (nSPS) is 11.4. The first-order chi connectivity index (χ1) is 14.0. The van der Waals surface area contributed by atoms with Gasteiger partial charge in [-0.3, -0.25) is 4.79 Å². The van der Waals surface area contributed by atoms with E-state index in [2.05, 4.69) is 9.72 Å². The molecule has 12 heteroatoms. The lowest BCUT2D eigenvalue weighted by Crippen LogP contribution is -2.16. The first-order valence-corrected chi connectivity index (χ1v) is 9.05. The summed E-state index contributed by atoms with van der Waals surface area (Å²) >= 11 is 1.81. The van der Waals surface area contributed by atoms with E-state index in [1.807, 2.05) is 22.6 Å². The highest BCUT2D eigenvalue weighted by Crippen LogP contribution is 2.30. The number of nitrogens with two attached hydrogens (primary N) is 1. The van der Waals surface area contributed by atoms with Crippen molar-refractivity contribution < 1.29 is 40.6 Å². The first-order valence-electron chi connectivity index (χ1n) is 7.97. The van der Waals surface area contributed by atoms with Crippen LogP contribution in [0.2, 0.25) is 0 Å². The third-order valence-electron chi connectivity index (χ3n) is 3.64. The fraction of sp³-hybridized carbons (Fsp3) is 0.111. The summed E-state index contributed by atoms with van der Waals surface area (Å²) < 4.78 is 79.1. The minimum Gasteiger partial charge on any atom is -0.481 e. The second-order valence-electron chi connectivity index (χ2n) is 5.69. The summed E-state index contributed by atoms with van der Waals surface area (Å²) in [5.74, 6) is -4.50. The van der Waals surface area contributed by atoms with Crippen molar-refractivity contribution in [2.75, 3.05) is 0 Å². The van der Waals surface area contributed by atoms with Crippen LogP contribution in [-0.2, 0) is 6.61 Å². The van der Waals surface area contributed by atoms with E-state index in [-0.39, 0.29) is 12.5 Å². The van der Waals surface area contributed by atoms with Crippen LogP contribution in [0.1, 0.15) is 16.2 Å². The highest BCUT2D eigenvalue weighted by molar-refractivity contribution is 14.1. The number of rotatable bonds is 6. The SMILES string of the molecule is NC(=O)c1c(F)ccc(OCc2nc(-c3ccc(OC(F)(F)F)cc3)c(I)o2)c1F. The van der Waals surface area contributed by atoms with Crippen molar-refractivity contribution in [1.29, 1.82) is 0 Å². The van der Waals surface area contributed by atoms with Crippen LogP contribution in [0.25, 0.3) is 11.3 Å². The molecule has 6 nitrogen and oxygen atoms in total. The zero-order valence-electron chi connectivity index (χ0n) is 14.6. The van der Waals surface area contributed by atoms with Crippen LogP contribution in [0.3, 0.4) is 0 Å². The van der Waals surface area contributed by atoms with E-state index in [1.54, 1.807) is 0 Å². The Bertz CT molecular complexity index is 1080. The van der Waals surface area contributed by atoms with Crippen LogP contribution >= 0.6 is 22.6 Å². The Balaban J connectivity index is 1.76. The second-order valence-corrected chi connectivity index (χ2v) is 6.67. The zero-order chi connectivity index (χ0) is 22.1. The van der Waals surface area contributed by atoms with Crippen molar-refractivity contribution in [1.82, 2.24) is 4.98 Å². The van der Waals surface area contributed by atoms with Crippen LogP contribution in [0.4, 0.5) is 22.0 Å². The molecule has 1 heterocycles. The van der Waals surface area contributed by atoms with Gasteiger partial charge in [-0.25, -0.2) is 13.8 Å². The summed E-state index contributed by atoms with van der Waals surface area (Å²) in [6, 6.07) is 6.74. The molecular weight excluding hydrogens is 530 g/mol. The Morgan fingerprint density at radius 1 is 1.13 bits per heavy atom. The summed E-state index contributed by atoms with van der Waals surface area (Å²) in [4.78, 5) is 15.3. The lowest BCUT2D eigenvalue weighted by atomic mass is 10.1. The number of ether oxygens (including phenoxy) is 2. The molecule has 0 aliphatic heterocycles.